The maximum absolute atomic E-state index is 10.9. The van der Waals surface area contributed by atoms with E-state index in [2.05, 4.69) is 42.5 Å². The molecule has 1 aliphatic carbocycles. The van der Waals surface area contributed by atoms with Crippen LogP contribution in [-0.2, 0) is 11.3 Å². The van der Waals surface area contributed by atoms with E-state index in [1.54, 1.807) is 12.4 Å². The van der Waals surface area contributed by atoms with Gasteiger partial charge in [0.25, 0.3) is 5.89 Å². The van der Waals surface area contributed by atoms with Gasteiger partial charge in [0.2, 0.25) is 5.82 Å². The number of aromatic nitrogens is 4. The number of nitrogens with one attached hydrogen (secondary N) is 1. The summed E-state index contributed by atoms with van der Waals surface area (Å²) in [6.07, 6.45) is 7.10. The van der Waals surface area contributed by atoms with Gasteiger partial charge in [-0.1, -0.05) is 5.16 Å². The summed E-state index contributed by atoms with van der Waals surface area (Å²) in [5, 5.41) is 16.3. The second-order valence-electron chi connectivity index (χ2n) is 8.14. The molecule has 9 heteroatoms. The molecule has 0 radical (unpaired) electrons. The first kappa shape index (κ1) is 19.6. The summed E-state index contributed by atoms with van der Waals surface area (Å²) in [5.41, 5.74) is 3.41. The molecule has 9 nitrogen and oxygen atoms in total. The first-order valence-corrected chi connectivity index (χ1v) is 10.6. The van der Waals surface area contributed by atoms with Crippen molar-refractivity contribution in [2.45, 2.75) is 38.3 Å². The van der Waals surface area contributed by atoms with E-state index in [9.17, 15) is 4.79 Å². The third kappa shape index (κ3) is 4.27. The molecule has 5 rings (SSSR count). The van der Waals surface area contributed by atoms with Crippen molar-refractivity contribution in [2.75, 3.05) is 18.0 Å². The lowest BCUT2D eigenvalue weighted by Gasteiger charge is -2.32. The quantitative estimate of drug-likeness (QED) is 0.595. The highest BCUT2D eigenvalue weighted by molar-refractivity contribution is 5.71. The Kier molecular flexibility index (Phi) is 5.33. The second-order valence-corrected chi connectivity index (χ2v) is 8.14. The number of benzene rings is 1. The lowest BCUT2D eigenvalue weighted by atomic mass is 9.80. The third-order valence-corrected chi connectivity index (χ3v) is 6.01. The van der Waals surface area contributed by atoms with Gasteiger partial charge < -0.3 is 19.8 Å². The first-order valence-electron chi connectivity index (χ1n) is 10.6. The number of carboxylic acids is 1. The fourth-order valence-electron chi connectivity index (χ4n) is 4.03. The fraction of sp³-hybridized carbons (Fsp3) is 0.409. The van der Waals surface area contributed by atoms with Gasteiger partial charge in [-0.25, -0.2) is 4.98 Å². The summed E-state index contributed by atoms with van der Waals surface area (Å²) in [6.45, 7) is 2.77. The molecule has 1 saturated carbocycles. The van der Waals surface area contributed by atoms with Crippen LogP contribution < -0.4 is 10.2 Å². The van der Waals surface area contributed by atoms with Crippen LogP contribution in [0.5, 0.6) is 0 Å². The van der Waals surface area contributed by atoms with Crippen molar-refractivity contribution < 1.29 is 14.4 Å². The van der Waals surface area contributed by atoms with E-state index in [-0.39, 0.29) is 12.0 Å². The van der Waals surface area contributed by atoms with Crippen LogP contribution in [0.1, 0.15) is 31.4 Å². The number of carbonyl (C=O) groups is 1. The molecular weight excluding hydrogens is 396 g/mol. The molecule has 0 atom stereocenters. The van der Waals surface area contributed by atoms with E-state index in [1.807, 2.05) is 12.1 Å². The van der Waals surface area contributed by atoms with Gasteiger partial charge in [0, 0.05) is 36.9 Å². The molecule has 2 N–H and O–H groups in total. The van der Waals surface area contributed by atoms with E-state index in [4.69, 9.17) is 9.63 Å². The summed E-state index contributed by atoms with van der Waals surface area (Å²) in [4.78, 5) is 26.5. The highest BCUT2D eigenvalue weighted by atomic mass is 16.5. The molecule has 0 unspecified atom stereocenters. The van der Waals surface area contributed by atoms with Gasteiger partial charge in [0.05, 0.1) is 24.0 Å². The minimum absolute atomic E-state index is 0.220. The Morgan fingerprint density at radius 1 is 1.13 bits per heavy atom. The van der Waals surface area contributed by atoms with Crippen LogP contribution >= 0.6 is 0 Å². The zero-order valence-corrected chi connectivity index (χ0v) is 17.1. The molecule has 2 aliphatic rings. The van der Waals surface area contributed by atoms with E-state index in [1.165, 1.54) is 18.5 Å². The molecule has 0 amide bonds. The third-order valence-electron chi connectivity index (χ3n) is 6.01. The molecule has 3 aromatic rings. The Balaban J connectivity index is 1.19. The molecule has 1 aliphatic heterocycles. The van der Waals surface area contributed by atoms with E-state index in [0.29, 0.717) is 36.8 Å². The number of anilines is 1. The van der Waals surface area contributed by atoms with Gasteiger partial charge in [-0.15, -0.1) is 0 Å². The minimum atomic E-state index is -0.719. The Labute approximate surface area is 179 Å². The zero-order chi connectivity index (χ0) is 21.2. The molecule has 2 aromatic heterocycles. The monoisotopic (exact) mass is 420 g/mol. The standard InChI is InChI=1S/C22H24N6O3/c29-22(30)15-9-16(10-15)23-11-17-12-25-19(13-24-17)21-26-20(27-31-21)14-3-5-18(6-4-14)28-7-1-2-8-28/h3-6,12-13,15-16,23H,1-2,7-11H2,(H,29,30). The van der Waals surface area contributed by atoms with E-state index >= 15 is 0 Å². The van der Waals surface area contributed by atoms with Gasteiger partial charge >= 0.3 is 5.97 Å². The summed E-state index contributed by atoms with van der Waals surface area (Å²) in [5.74, 6) is -0.0971. The van der Waals surface area contributed by atoms with Crippen molar-refractivity contribution in [1.29, 1.82) is 0 Å². The van der Waals surface area contributed by atoms with Crippen molar-refractivity contribution in [3.05, 3.63) is 42.4 Å². The van der Waals surface area contributed by atoms with Crippen LogP contribution in [-0.4, -0.2) is 50.3 Å². The maximum Gasteiger partial charge on any atom is 0.306 e. The lowest BCUT2D eigenvalue weighted by Crippen LogP contribution is -2.43. The number of carboxylic acid groups (broad SMARTS) is 1. The average Bonchev–Trinajstić information content (AvgIpc) is 3.46. The fourth-order valence-corrected chi connectivity index (χ4v) is 4.03. The Bertz CT molecular complexity index is 1040. The van der Waals surface area contributed by atoms with E-state index < -0.39 is 5.97 Å². The van der Waals surface area contributed by atoms with Crippen LogP contribution in [0.25, 0.3) is 23.0 Å². The predicted molar refractivity (Wildman–Crippen MR) is 113 cm³/mol. The molecule has 1 saturated heterocycles. The molecule has 160 valence electrons. The molecule has 0 bridgehead atoms. The van der Waals surface area contributed by atoms with E-state index in [0.717, 1.165) is 24.3 Å². The first-order chi connectivity index (χ1) is 15.2. The van der Waals surface area contributed by atoms with Crippen molar-refractivity contribution in [3.8, 4) is 23.0 Å². The maximum atomic E-state index is 10.9. The van der Waals surface area contributed by atoms with Gasteiger partial charge in [0.15, 0.2) is 0 Å². The number of aliphatic carboxylic acids is 1. The zero-order valence-electron chi connectivity index (χ0n) is 17.1. The van der Waals surface area contributed by atoms with Crippen LogP contribution in [0.4, 0.5) is 5.69 Å². The summed E-state index contributed by atoms with van der Waals surface area (Å²) >= 11 is 0. The molecule has 31 heavy (non-hydrogen) atoms. The average molecular weight is 420 g/mol. The molecule has 1 aromatic carbocycles. The predicted octanol–water partition coefficient (Wildman–Crippen LogP) is 2.75. The number of nitrogens with zero attached hydrogens (tertiary/aromatic N) is 5. The molecule has 2 fully saturated rings. The smallest absolute Gasteiger partial charge is 0.306 e. The van der Waals surface area contributed by atoms with Crippen molar-refractivity contribution in [1.82, 2.24) is 25.4 Å². The summed E-state index contributed by atoms with van der Waals surface area (Å²) in [6, 6.07) is 8.44. The SMILES string of the molecule is O=C(O)C1CC(NCc2cnc(-c3nc(-c4ccc(N5CCCC5)cc4)no3)cn2)C1. The highest BCUT2D eigenvalue weighted by Crippen LogP contribution is 2.28. The van der Waals surface area contributed by atoms with Crippen LogP contribution in [0.2, 0.25) is 0 Å². The Morgan fingerprint density at radius 2 is 1.90 bits per heavy atom. The van der Waals surface area contributed by atoms with Crippen LogP contribution in [0.15, 0.2) is 41.2 Å². The normalized spacial score (nSPS) is 20.6. The topological polar surface area (TPSA) is 117 Å². The summed E-state index contributed by atoms with van der Waals surface area (Å²) < 4.78 is 5.39. The van der Waals surface area contributed by atoms with Gasteiger partial charge in [0.1, 0.15) is 5.69 Å². The Hall–Kier alpha value is -3.33. The van der Waals surface area contributed by atoms with Crippen molar-refractivity contribution in [2.24, 2.45) is 5.92 Å². The second kappa shape index (κ2) is 8.43. The largest absolute Gasteiger partial charge is 0.481 e. The van der Waals surface area contributed by atoms with Gasteiger partial charge in [-0.3, -0.25) is 9.78 Å². The number of hydrogen-bond acceptors (Lipinski definition) is 8. The molecule has 0 spiro atoms. The molecular formula is C22H24N6O3. The minimum Gasteiger partial charge on any atom is -0.481 e. The molecule has 3 heterocycles. The number of hydrogen-bond donors (Lipinski definition) is 2. The van der Waals surface area contributed by atoms with Crippen molar-refractivity contribution >= 4 is 11.7 Å². The van der Waals surface area contributed by atoms with Crippen LogP contribution in [0, 0.1) is 5.92 Å². The van der Waals surface area contributed by atoms with Crippen LogP contribution in [0.3, 0.4) is 0 Å². The highest BCUT2D eigenvalue weighted by Gasteiger charge is 2.33. The van der Waals surface area contributed by atoms with Crippen molar-refractivity contribution in [3.63, 3.8) is 0 Å². The Morgan fingerprint density at radius 3 is 2.58 bits per heavy atom. The number of rotatable bonds is 7. The van der Waals surface area contributed by atoms with Gasteiger partial charge in [-0.2, -0.15) is 4.98 Å². The lowest BCUT2D eigenvalue weighted by molar-refractivity contribution is -0.145. The van der Waals surface area contributed by atoms with Gasteiger partial charge in [-0.05, 0) is 49.9 Å². The summed E-state index contributed by atoms with van der Waals surface area (Å²) in [7, 11) is 0.